The minimum absolute atomic E-state index is 0.0841. The maximum absolute atomic E-state index is 13.9. The molecule has 0 spiro atoms. The highest BCUT2D eigenvalue weighted by Crippen LogP contribution is 2.56. The van der Waals surface area contributed by atoms with Crippen LogP contribution in [0.3, 0.4) is 0 Å². The molecule has 0 aliphatic heterocycles. The Labute approximate surface area is 265 Å². The summed E-state index contributed by atoms with van der Waals surface area (Å²) in [6.07, 6.45) is 8.57. The number of ether oxygens (including phenoxy) is 1. The summed E-state index contributed by atoms with van der Waals surface area (Å²) in [5.41, 5.74) is 8.44. The van der Waals surface area contributed by atoms with E-state index in [0.29, 0.717) is 19.6 Å². The van der Waals surface area contributed by atoms with Gasteiger partial charge in [-0.15, -0.1) is 0 Å². The van der Waals surface area contributed by atoms with Crippen molar-refractivity contribution in [2.45, 2.75) is 70.4 Å². The van der Waals surface area contributed by atoms with E-state index in [9.17, 15) is 14.4 Å². The molecule has 0 saturated heterocycles. The van der Waals surface area contributed by atoms with Crippen molar-refractivity contribution in [1.82, 2.24) is 20.9 Å². The van der Waals surface area contributed by atoms with Crippen molar-refractivity contribution in [1.29, 1.82) is 0 Å². The lowest BCUT2D eigenvalue weighted by Gasteiger charge is -2.53. The topological polar surface area (TPSA) is 135 Å². The Morgan fingerprint density at radius 3 is 1.98 bits per heavy atom. The lowest BCUT2D eigenvalue weighted by Crippen LogP contribution is -2.56. The number of fused-ring (bicyclic) bond motifs is 3. The van der Waals surface area contributed by atoms with E-state index < -0.39 is 23.9 Å². The van der Waals surface area contributed by atoms with E-state index in [0.717, 1.165) is 61.9 Å². The van der Waals surface area contributed by atoms with Crippen LogP contribution in [-0.4, -0.2) is 54.5 Å². The Morgan fingerprint density at radius 1 is 0.778 bits per heavy atom. The van der Waals surface area contributed by atoms with Crippen LogP contribution in [0.4, 0.5) is 0 Å². The van der Waals surface area contributed by atoms with Crippen LogP contribution in [0.5, 0.6) is 5.75 Å². The zero-order valence-electron chi connectivity index (χ0n) is 26.1. The zero-order chi connectivity index (χ0) is 31.7. The van der Waals surface area contributed by atoms with Crippen molar-refractivity contribution >= 4 is 17.7 Å². The second-order valence-corrected chi connectivity index (χ2v) is 12.7. The van der Waals surface area contributed by atoms with Crippen molar-refractivity contribution in [2.75, 3.05) is 19.7 Å². The highest BCUT2D eigenvalue weighted by Gasteiger charge is 2.48. The van der Waals surface area contributed by atoms with E-state index in [1.54, 1.807) is 18.2 Å². The lowest BCUT2D eigenvalue weighted by molar-refractivity contribution is -0.130. The first kappa shape index (κ1) is 32.2. The van der Waals surface area contributed by atoms with Gasteiger partial charge in [0.05, 0.1) is 6.61 Å². The predicted octanol–water partition coefficient (Wildman–Crippen LogP) is 3.96. The second-order valence-electron chi connectivity index (χ2n) is 12.7. The van der Waals surface area contributed by atoms with Gasteiger partial charge in [0.25, 0.3) is 5.91 Å². The van der Waals surface area contributed by atoms with Crippen molar-refractivity contribution in [3.05, 3.63) is 95.8 Å². The number of amides is 3. The van der Waals surface area contributed by atoms with Crippen LogP contribution in [-0.2, 0) is 22.4 Å². The number of benzene rings is 2. The number of aromatic nitrogens is 1. The maximum atomic E-state index is 13.9. The van der Waals surface area contributed by atoms with Crippen molar-refractivity contribution < 1.29 is 19.1 Å². The SMILES string of the molecule is CCOc1ccc(CC(NC(=O)c2ccccn2)C(=O)NC(Cc2ccccc2)C(=O)NCC23CCC(CN)(CC2)CC3)cc1. The molecule has 45 heavy (non-hydrogen) atoms. The summed E-state index contributed by atoms with van der Waals surface area (Å²) < 4.78 is 5.56. The second kappa shape index (κ2) is 14.7. The molecule has 0 radical (unpaired) electrons. The maximum Gasteiger partial charge on any atom is 0.270 e. The lowest BCUT2D eigenvalue weighted by atomic mass is 9.54. The first-order valence-corrected chi connectivity index (χ1v) is 16.1. The number of hydrogen-bond donors (Lipinski definition) is 4. The number of carbonyl (C=O) groups is 3. The van der Waals surface area contributed by atoms with Crippen LogP contribution in [0.15, 0.2) is 79.0 Å². The Balaban J connectivity index is 1.32. The number of nitrogens with two attached hydrogens (primary N) is 1. The van der Waals surface area contributed by atoms with Crippen molar-refractivity contribution in [3.8, 4) is 5.75 Å². The molecule has 1 heterocycles. The average Bonchev–Trinajstić information content (AvgIpc) is 3.09. The van der Waals surface area contributed by atoms with Crippen LogP contribution < -0.4 is 26.4 Å². The van der Waals surface area contributed by atoms with Gasteiger partial charge in [0, 0.05) is 25.6 Å². The van der Waals surface area contributed by atoms with E-state index >= 15 is 0 Å². The largest absolute Gasteiger partial charge is 0.494 e. The smallest absolute Gasteiger partial charge is 0.270 e. The molecule has 5 N–H and O–H groups in total. The normalized spacial score (nSPS) is 21.7. The molecule has 2 bridgehead atoms. The third kappa shape index (κ3) is 8.28. The fourth-order valence-electron chi connectivity index (χ4n) is 6.70. The highest BCUT2D eigenvalue weighted by molar-refractivity contribution is 5.97. The Morgan fingerprint density at radius 2 is 1.38 bits per heavy atom. The van der Waals surface area contributed by atoms with Crippen LogP contribution >= 0.6 is 0 Å². The molecule has 3 saturated carbocycles. The Hall–Kier alpha value is -4.24. The molecule has 2 aromatic carbocycles. The fraction of sp³-hybridized carbons (Fsp3) is 0.444. The predicted molar refractivity (Wildman–Crippen MR) is 174 cm³/mol. The monoisotopic (exact) mass is 611 g/mol. The minimum atomic E-state index is -0.941. The number of rotatable bonds is 14. The number of nitrogens with one attached hydrogen (secondary N) is 3. The molecule has 9 heteroatoms. The van der Waals surface area contributed by atoms with Gasteiger partial charge in [0.2, 0.25) is 11.8 Å². The summed E-state index contributed by atoms with van der Waals surface area (Å²) in [5.74, 6) is -0.402. The third-order valence-corrected chi connectivity index (χ3v) is 9.74. The van der Waals surface area contributed by atoms with Crippen LogP contribution in [0.25, 0.3) is 0 Å². The number of hydrogen-bond acceptors (Lipinski definition) is 6. The Bertz CT molecular complexity index is 1410. The molecule has 3 aliphatic carbocycles. The molecular weight excluding hydrogens is 566 g/mol. The molecule has 2 unspecified atom stereocenters. The molecule has 3 aliphatic rings. The van der Waals surface area contributed by atoms with Crippen molar-refractivity contribution in [2.24, 2.45) is 16.6 Å². The quantitative estimate of drug-likeness (QED) is 0.218. The van der Waals surface area contributed by atoms with Gasteiger partial charge in [-0.2, -0.15) is 0 Å². The van der Waals surface area contributed by atoms with Crippen molar-refractivity contribution in [3.63, 3.8) is 0 Å². The minimum Gasteiger partial charge on any atom is -0.494 e. The molecule has 9 nitrogen and oxygen atoms in total. The van der Waals surface area contributed by atoms with Gasteiger partial charge in [0.1, 0.15) is 23.5 Å². The number of pyridine rings is 1. The molecule has 238 valence electrons. The van der Waals surface area contributed by atoms with Crippen LogP contribution in [0.1, 0.15) is 67.1 Å². The summed E-state index contributed by atoms with van der Waals surface area (Å²) in [4.78, 5) is 45.0. The zero-order valence-corrected chi connectivity index (χ0v) is 26.1. The first-order chi connectivity index (χ1) is 21.8. The molecule has 1 aromatic heterocycles. The summed E-state index contributed by atoms with van der Waals surface area (Å²) in [7, 11) is 0. The van der Waals surface area contributed by atoms with E-state index in [1.807, 2.05) is 61.5 Å². The van der Waals surface area contributed by atoms with Gasteiger partial charge < -0.3 is 26.4 Å². The summed E-state index contributed by atoms with van der Waals surface area (Å²) >= 11 is 0. The van der Waals surface area contributed by atoms with Gasteiger partial charge in [-0.3, -0.25) is 19.4 Å². The van der Waals surface area contributed by atoms with E-state index in [1.165, 1.54) is 6.20 Å². The number of nitrogens with zero attached hydrogens (tertiary/aromatic N) is 1. The Kier molecular flexibility index (Phi) is 10.5. The van der Waals surface area contributed by atoms with E-state index in [4.69, 9.17) is 10.5 Å². The standard InChI is InChI=1S/C36H45N5O4/c1-2-45-28-13-11-27(12-14-28)23-31(41-33(43)29-10-6-7-21-38-29)34(44)40-30(22-26-8-4-3-5-9-26)32(42)39-25-36-18-15-35(24-37,16-19-36)17-20-36/h3-14,21,30-31H,2,15-20,22-25,37H2,1H3,(H,39,42)(H,40,44)(H,41,43). The highest BCUT2D eigenvalue weighted by atomic mass is 16.5. The molecule has 3 amide bonds. The average molecular weight is 612 g/mol. The molecule has 2 atom stereocenters. The van der Waals surface area contributed by atoms with E-state index in [-0.39, 0.29) is 28.9 Å². The van der Waals surface area contributed by atoms with Gasteiger partial charge in [-0.25, -0.2) is 0 Å². The molecule has 3 fully saturated rings. The molecular formula is C36H45N5O4. The van der Waals surface area contributed by atoms with Gasteiger partial charge in [0.15, 0.2) is 0 Å². The van der Waals surface area contributed by atoms with Gasteiger partial charge in [-0.1, -0.05) is 48.5 Å². The summed E-state index contributed by atoms with van der Waals surface area (Å²) in [6.45, 7) is 3.78. The fourth-order valence-corrected chi connectivity index (χ4v) is 6.70. The van der Waals surface area contributed by atoms with Gasteiger partial charge >= 0.3 is 0 Å². The third-order valence-electron chi connectivity index (χ3n) is 9.74. The first-order valence-electron chi connectivity index (χ1n) is 16.1. The summed E-state index contributed by atoms with van der Waals surface area (Å²) in [6, 6.07) is 20.4. The molecule has 6 rings (SSSR count). The van der Waals surface area contributed by atoms with Crippen LogP contribution in [0.2, 0.25) is 0 Å². The summed E-state index contributed by atoms with van der Waals surface area (Å²) in [5, 5.41) is 9.05. The van der Waals surface area contributed by atoms with E-state index in [2.05, 4.69) is 20.9 Å². The van der Waals surface area contributed by atoms with Gasteiger partial charge in [-0.05, 0) is 98.2 Å². The molecule has 3 aromatic rings. The number of carbonyl (C=O) groups excluding carboxylic acids is 3. The van der Waals surface area contributed by atoms with Crippen LogP contribution in [0, 0.1) is 10.8 Å².